The highest BCUT2D eigenvalue weighted by atomic mass is 16.3. The molecule has 1 N–H and O–H groups in total. The zero-order valence-corrected chi connectivity index (χ0v) is 14.2. The van der Waals surface area contributed by atoms with E-state index in [1.54, 1.807) is 6.08 Å². The van der Waals surface area contributed by atoms with Gasteiger partial charge in [0.05, 0.1) is 6.04 Å². The van der Waals surface area contributed by atoms with Gasteiger partial charge in [0.15, 0.2) is 11.5 Å². The lowest BCUT2D eigenvalue weighted by atomic mass is 10.3. The highest BCUT2D eigenvalue weighted by Gasteiger charge is 2.36. The van der Waals surface area contributed by atoms with Crippen molar-refractivity contribution in [1.29, 1.82) is 0 Å². The normalized spacial score (nSPS) is 20.9. The number of nitrogens with one attached hydrogen (secondary N) is 1. The third kappa shape index (κ3) is 3.20. The SMILES string of the molecule is C[C@H](NC(=O)/C=C/c1ccc([C@@H]2C[C@@H]2C)o1)c1nnc2ccccn12. The summed E-state index contributed by atoms with van der Waals surface area (Å²) in [5, 5.41) is 11.2. The first kappa shape index (κ1) is 15.6. The van der Waals surface area contributed by atoms with Gasteiger partial charge < -0.3 is 9.73 Å². The van der Waals surface area contributed by atoms with Gasteiger partial charge in [-0.2, -0.15) is 0 Å². The third-order valence-corrected chi connectivity index (χ3v) is 4.61. The molecule has 25 heavy (non-hydrogen) atoms. The summed E-state index contributed by atoms with van der Waals surface area (Å²) in [6.07, 6.45) is 6.24. The molecule has 0 unspecified atom stereocenters. The fourth-order valence-electron chi connectivity index (χ4n) is 3.01. The second-order valence-corrected chi connectivity index (χ2v) is 6.61. The number of fused-ring (bicyclic) bond motifs is 1. The molecule has 0 aromatic carbocycles. The number of hydrogen-bond acceptors (Lipinski definition) is 4. The molecular formula is C19H20N4O2. The number of aromatic nitrogens is 3. The van der Waals surface area contributed by atoms with Crippen LogP contribution in [-0.4, -0.2) is 20.5 Å². The number of rotatable bonds is 5. The van der Waals surface area contributed by atoms with E-state index in [0.29, 0.717) is 23.4 Å². The molecule has 0 spiro atoms. The molecule has 0 saturated heterocycles. The summed E-state index contributed by atoms with van der Waals surface area (Å²) >= 11 is 0. The van der Waals surface area contributed by atoms with Gasteiger partial charge in [0.25, 0.3) is 0 Å². The fourth-order valence-corrected chi connectivity index (χ4v) is 3.01. The molecule has 0 bridgehead atoms. The van der Waals surface area contributed by atoms with Crippen molar-refractivity contribution in [2.24, 2.45) is 5.92 Å². The predicted octanol–water partition coefficient (Wildman–Crippen LogP) is 3.34. The van der Waals surface area contributed by atoms with Crippen LogP contribution in [0.15, 0.2) is 47.0 Å². The van der Waals surface area contributed by atoms with Gasteiger partial charge in [-0.3, -0.25) is 9.20 Å². The number of pyridine rings is 1. The second kappa shape index (κ2) is 6.20. The lowest BCUT2D eigenvalue weighted by molar-refractivity contribution is -0.117. The first-order valence-electron chi connectivity index (χ1n) is 8.50. The quantitative estimate of drug-likeness (QED) is 0.725. The van der Waals surface area contributed by atoms with Crippen LogP contribution in [0, 0.1) is 5.92 Å². The summed E-state index contributed by atoms with van der Waals surface area (Å²) in [6.45, 7) is 4.10. The van der Waals surface area contributed by atoms with E-state index in [2.05, 4.69) is 22.4 Å². The topological polar surface area (TPSA) is 72.4 Å². The molecule has 1 aliphatic rings. The molecule has 6 heteroatoms. The van der Waals surface area contributed by atoms with Crippen LogP contribution in [-0.2, 0) is 4.79 Å². The number of hydrogen-bond donors (Lipinski definition) is 1. The van der Waals surface area contributed by atoms with E-state index in [1.807, 2.05) is 47.9 Å². The fraction of sp³-hybridized carbons (Fsp3) is 0.316. The Balaban J connectivity index is 1.40. The van der Waals surface area contributed by atoms with Crippen LogP contribution in [0.4, 0.5) is 0 Å². The zero-order chi connectivity index (χ0) is 17.4. The Bertz CT molecular complexity index is 940. The number of furan rings is 1. The van der Waals surface area contributed by atoms with Gasteiger partial charge in [-0.1, -0.05) is 13.0 Å². The Kier molecular flexibility index (Phi) is 3.87. The van der Waals surface area contributed by atoms with Crippen LogP contribution >= 0.6 is 0 Å². The van der Waals surface area contributed by atoms with Gasteiger partial charge in [-0.05, 0) is 49.6 Å². The van der Waals surface area contributed by atoms with E-state index in [9.17, 15) is 4.79 Å². The lowest BCUT2D eigenvalue weighted by Gasteiger charge is -2.10. The molecule has 1 amide bonds. The summed E-state index contributed by atoms with van der Waals surface area (Å²) in [7, 11) is 0. The van der Waals surface area contributed by atoms with Crippen molar-refractivity contribution >= 4 is 17.6 Å². The Labute approximate surface area is 145 Å². The Morgan fingerprint density at radius 2 is 2.20 bits per heavy atom. The standard InChI is InChI=1S/C19H20N4O2/c1-12-11-15(12)16-8-6-14(25-16)7-9-18(24)20-13(2)19-22-21-17-5-3-4-10-23(17)19/h3-10,12-13,15H,11H2,1-2H3,(H,20,24)/b9-7+/t12-,13-,15+/m0/s1. The van der Waals surface area contributed by atoms with Crippen molar-refractivity contribution in [2.75, 3.05) is 0 Å². The largest absolute Gasteiger partial charge is 0.461 e. The summed E-state index contributed by atoms with van der Waals surface area (Å²) < 4.78 is 7.64. The van der Waals surface area contributed by atoms with Crippen molar-refractivity contribution in [1.82, 2.24) is 19.9 Å². The van der Waals surface area contributed by atoms with Gasteiger partial charge in [0, 0.05) is 18.2 Å². The predicted molar refractivity (Wildman–Crippen MR) is 93.8 cm³/mol. The van der Waals surface area contributed by atoms with Crippen LogP contribution in [0.2, 0.25) is 0 Å². The number of carbonyl (C=O) groups excluding carboxylic acids is 1. The Morgan fingerprint density at radius 3 is 3.00 bits per heavy atom. The molecule has 1 aliphatic carbocycles. The molecule has 1 fully saturated rings. The second-order valence-electron chi connectivity index (χ2n) is 6.61. The first-order chi connectivity index (χ1) is 12.1. The van der Waals surface area contributed by atoms with Crippen LogP contribution in [0.25, 0.3) is 11.7 Å². The highest BCUT2D eigenvalue weighted by Crippen LogP contribution is 2.47. The Morgan fingerprint density at radius 1 is 1.36 bits per heavy atom. The molecule has 0 aliphatic heterocycles. The molecule has 1 saturated carbocycles. The maximum Gasteiger partial charge on any atom is 0.244 e. The summed E-state index contributed by atoms with van der Waals surface area (Å²) in [5.74, 6) is 3.45. The molecule has 128 valence electrons. The van der Waals surface area contributed by atoms with Gasteiger partial charge >= 0.3 is 0 Å². The minimum atomic E-state index is -0.256. The van der Waals surface area contributed by atoms with Crippen LogP contribution in [0.5, 0.6) is 0 Å². The third-order valence-electron chi connectivity index (χ3n) is 4.61. The van der Waals surface area contributed by atoms with Crippen LogP contribution in [0.3, 0.4) is 0 Å². The minimum absolute atomic E-state index is 0.196. The van der Waals surface area contributed by atoms with Gasteiger partial charge in [0.2, 0.25) is 5.91 Å². The molecule has 6 nitrogen and oxygen atoms in total. The maximum absolute atomic E-state index is 12.2. The molecular weight excluding hydrogens is 316 g/mol. The molecule has 3 heterocycles. The van der Waals surface area contributed by atoms with Crippen molar-refractivity contribution in [2.45, 2.75) is 32.2 Å². The van der Waals surface area contributed by atoms with E-state index in [-0.39, 0.29) is 11.9 Å². The van der Waals surface area contributed by atoms with Crippen molar-refractivity contribution in [3.63, 3.8) is 0 Å². The minimum Gasteiger partial charge on any atom is -0.461 e. The molecule has 3 aromatic rings. The van der Waals surface area contributed by atoms with E-state index < -0.39 is 0 Å². The van der Waals surface area contributed by atoms with Crippen LogP contribution < -0.4 is 5.32 Å². The average Bonchev–Trinajstić information content (AvgIpc) is 3.04. The number of amides is 1. The highest BCUT2D eigenvalue weighted by molar-refractivity contribution is 5.91. The Hall–Kier alpha value is -2.89. The zero-order valence-electron chi connectivity index (χ0n) is 14.2. The van der Waals surface area contributed by atoms with Crippen LogP contribution in [0.1, 0.15) is 49.6 Å². The molecule has 0 radical (unpaired) electrons. The van der Waals surface area contributed by atoms with Crippen molar-refractivity contribution in [3.05, 3.63) is 59.9 Å². The van der Waals surface area contributed by atoms with Crippen molar-refractivity contribution < 1.29 is 9.21 Å². The van der Waals surface area contributed by atoms with E-state index >= 15 is 0 Å². The summed E-state index contributed by atoms with van der Waals surface area (Å²) in [6, 6.07) is 9.33. The van der Waals surface area contributed by atoms with Gasteiger partial charge in [0.1, 0.15) is 11.5 Å². The molecule has 3 atom stereocenters. The lowest BCUT2D eigenvalue weighted by Crippen LogP contribution is -2.26. The smallest absolute Gasteiger partial charge is 0.244 e. The summed E-state index contributed by atoms with van der Waals surface area (Å²) in [5.41, 5.74) is 0.756. The van der Waals surface area contributed by atoms with E-state index in [0.717, 1.165) is 11.4 Å². The average molecular weight is 336 g/mol. The number of nitrogens with zero attached hydrogens (tertiary/aromatic N) is 3. The molecule has 4 rings (SSSR count). The number of carbonyl (C=O) groups is 1. The van der Waals surface area contributed by atoms with E-state index in [1.165, 1.54) is 12.5 Å². The maximum atomic E-state index is 12.2. The molecule has 3 aromatic heterocycles. The van der Waals surface area contributed by atoms with E-state index in [4.69, 9.17) is 4.42 Å². The van der Waals surface area contributed by atoms with Crippen molar-refractivity contribution in [3.8, 4) is 0 Å². The van der Waals surface area contributed by atoms with Gasteiger partial charge in [-0.25, -0.2) is 0 Å². The monoisotopic (exact) mass is 336 g/mol. The first-order valence-corrected chi connectivity index (χ1v) is 8.50. The van der Waals surface area contributed by atoms with Gasteiger partial charge in [-0.15, -0.1) is 10.2 Å². The summed E-state index contributed by atoms with van der Waals surface area (Å²) in [4.78, 5) is 12.2.